The fraction of sp³-hybridized carbons (Fsp3) is 0.595. The predicted octanol–water partition coefficient (Wildman–Crippen LogP) is -2.65. The van der Waals surface area contributed by atoms with Gasteiger partial charge in [-0.2, -0.15) is 0 Å². The summed E-state index contributed by atoms with van der Waals surface area (Å²) < 4.78 is 40.9. The van der Waals surface area contributed by atoms with Crippen LogP contribution in [-0.2, 0) is 59.5 Å². The fourth-order valence-electron chi connectivity index (χ4n) is 6.45. The van der Waals surface area contributed by atoms with E-state index in [1.165, 1.54) is 0 Å². The summed E-state index contributed by atoms with van der Waals surface area (Å²) in [5.74, 6) is -3.86. The Balaban J connectivity index is 2.19. The zero-order valence-electron chi connectivity index (χ0n) is 38.8. The van der Waals surface area contributed by atoms with Gasteiger partial charge in [0.2, 0.25) is 47.3 Å². The molecule has 0 fully saturated rings. The van der Waals surface area contributed by atoms with Crippen LogP contribution in [0.3, 0.4) is 0 Å². The molecule has 1 aliphatic heterocycles. The number of hydrogen-bond acceptors (Lipinski definition) is 14. The predicted molar refractivity (Wildman–Crippen MR) is 242 cm³/mol. The molecule has 23 nitrogen and oxygen atoms in total. The van der Waals surface area contributed by atoms with Crippen LogP contribution in [0.1, 0.15) is 89.0 Å². The van der Waals surface area contributed by atoms with Crippen LogP contribution in [0.15, 0.2) is 9.89 Å². The maximum absolute atomic E-state index is 13.6. The number of fused-ring (bicyclic) bond motifs is 1. The van der Waals surface area contributed by atoms with Gasteiger partial charge in [-0.1, -0.05) is 0 Å². The van der Waals surface area contributed by atoms with Gasteiger partial charge in [-0.25, -0.2) is 13.1 Å². The number of carbonyl (C=O) groups is 8. The summed E-state index contributed by atoms with van der Waals surface area (Å²) >= 11 is 0. The molecule has 7 amide bonds. The van der Waals surface area contributed by atoms with Crippen molar-refractivity contribution in [3.05, 3.63) is 22.3 Å². The Kier molecular flexibility index (Phi) is 21.3. The van der Waals surface area contributed by atoms with Crippen LogP contribution in [0.5, 0.6) is 5.75 Å². The number of esters is 1. The second-order valence-corrected chi connectivity index (χ2v) is 18.5. The standard InChI is InChI=1S/C42H65N11O12S/c1-10-11-14-30(54)47-20-32(56)48-22-33(57)51-28(13-12-16-46-40(44)53-66(62,63)37-25(3)24(2)27-19-42(8,9)65-36(27)26(37)4)38(60)50-23-34(58)52-29(18-35(59)64-41(5,6)7)39(61)49-21-31(55)45-17-15-43/h1,28-29H,11-23,43H2,2-9H3,(H,45,55)(H,47,54)(H,48,56)(H,49,61)(H,50,60)(H,51,57)(H,52,58)(H3,44,46,53)/t28-,29?/m0/s1. The summed E-state index contributed by atoms with van der Waals surface area (Å²) in [5, 5.41) is 16.6. The molecule has 1 aromatic rings. The number of terminal acetylenes is 1. The van der Waals surface area contributed by atoms with Gasteiger partial charge in [-0.3, -0.25) is 43.3 Å². The number of nitrogens with zero attached hydrogens (tertiary/aromatic N) is 1. The lowest BCUT2D eigenvalue weighted by Gasteiger charge is -2.23. The summed E-state index contributed by atoms with van der Waals surface area (Å²) in [6.07, 6.45) is 5.15. The number of ether oxygens (including phenoxy) is 2. The summed E-state index contributed by atoms with van der Waals surface area (Å²) in [5.41, 5.74) is 12.6. The molecule has 1 heterocycles. The third-order valence-corrected chi connectivity index (χ3v) is 11.2. The van der Waals surface area contributed by atoms with Crippen LogP contribution in [0.4, 0.5) is 0 Å². The molecule has 12 N–H and O–H groups in total. The molecule has 0 saturated heterocycles. The van der Waals surface area contributed by atoms with Gasteiger partial charge < -0.3 is 58.2 Å². The molecule has 24 heteroatoms. The molecule has 2 atom stereocenters. The van der Waals surface area contributed by atoms with E-state index in [0.29, 0.717) is 23.3 Å². The summed E-state index contributed by atoms with van der Waals surface area (Å²) in [4.78, 5) is 105. The van der Waals surface area contributed by atoms with Crippen molar-refractivity contribution in [1.29, 1.82) is 0 Å². The van der Waals surface area contributed by atoms with E-state index in [4.69, 9.17) is 27.4 Å². The zero-order valence-corrected chi connectivity index (χ0v) is 39.7. The molecule has 0 radical (unpaired) electrons. The van der Waals surface area contributed by atoms with Gasteiger partial charge >= 0.3 is 5.97 Å². The fourth-order valence-corrected chi connectivity index (χ4v) is 7.95. The molecule has 1 aliphatic rings. The number of amides is 7. The first kappa shape index (κ1) is 55.7. The van der Waals surface area contributed by atoms with Crippen LogP contribution < -0.4 is 58.1 Å². The highest BCUT2D eigenvalue weighted by atomic mass is 32.2. The van der Waals surface area contributed by atoms with Crippen molar-refractivity contribution in [1.82, 2.24) is 41.9 Å². The van der Waals surface area contributed by atoms with E-state index in [1.54, 1.807) is 34.6 Å². The van der Waals surface area contributed by atoms with Crippen molar-refractivity contribution >= 4 is 63.3 Å². The zero-order chi connectivity index (χ0) is 50.0. The normalized spacial score (nSPS) is 13.8. The number of nitrogens with two attached hydrogens (primary N) is 2. The van der Waals surface area contributed by atoms with E-state index in [9.17, 15) is 46.8 Å². The molecule has 0 aliphatic carbocycles. The molecule has 2 rings (SSSR count). The highest BCUT2D eigenvalue weighted by Crippen LogP contribution is 2.43. The molecule has 366 valence electrons. The number of sulfonamides is 1. The van der Waals surface area contributed by atoms with Crippen molar-refractivity contribution in [3.63, 3.8) is 0 Å². The molecule has 1 aromatic carbocycles. The average molecular weight is 948 g/mol. The molecule has 0 saturated carbocycles. The van der Waals surface area contributed by atoms with E-state index in [0.717, 1.165) is 11.1 Å². The summed E-state index contributed by atoms with van der Waals surface area (Å²) in [6.45, 7) is 11.6. The van der Waals surface area contributed by atoms with Gasteiger partial charge in [0.15, 0.2) is 0 Å². The topological polar surface area (TPSA) is 350 Å². The van der Waals surface area contributed by atoms with E-state index >= 15 is 0 Å². The van der Waals surface area contributed by atoms with Crippen molar-refractivity contribution < 1.29 is 56.2 Å². The second kappa shape index (κ2) is 25.3. The Morgan fingerprint density at radius 2 is 1.36 bits per heavy atom. The SMILES string of the molecule is C#CCCC(=O)NCC(=O)NCC(=O)N[C@@H](CCCN=C(N)NS(=O)(=O)c1c(C)c(C)c2c(c1C)OC(C)(C)C2)C(=O)NCC(=O)NC(CC(=O)OC(C)(C)C)C(=O)NCC(=O)NCCN. The van der Waals surface area contributed by atoms with Crippen molar-refractivity contribution in [2.45, 2.75) is 122 Å². The minimum absolute atomic E-state index is 0.000955. The van der Waals surface area contributed by atoms with E-state index in [1.807, 2.05) is 20.8 Å². The van der Waals surface area contributed by atoms with Crippen molar-refractivity contribution in [2.24, 2.45) is 16.5 Å². The van der Waals surface area contributed by atoms with Gasteiger partial charge in [-0.15, -0.1) is 12.3 Å². The summed E-state index contributed by atoms with van der Waals surface area (Å²) in [7, 11) is -4.25. The number of benzene rings is 1. The van der Waals surface area contributed by atoms with Gasteiger partial charge in [0, 0.05) is 50.0 Å². The summed E-state index contributed by atoms with van der Waals surface area (Å²) in [6, 6.07) is -2.90. The van der Waals surface area contributed by atoms with Crippen LogP contribution in [0.25, 0.3) is 0 Å². The first-order valence-corrected chi connectivity index (χ1v) is 22.6. The maximum Gasteiger partial charge on any atom is 0.308 e. The Morgan fingerprint density at radius 1 is 0.818 bits per heavy atom. The first-order valence-electron chi connectivity index (χ1n) is 21.1. The van der Waals surface area contributed by atoms with Crippen LogP contribution in [0, 0.1) is 33.1 Å². The number of hydrogen-bond donors (Lipinski definition) is 10. The van der Waals surface area contributed by atoms with E-state index < -0.39 is 119 Å². The highest BCUT2D eigenvalue weighted by molar-refractivity contribution is 7.90. The van der Waals surface area contributed by atoms with Crippen molar-refractivity contribution in [2.75, 3.05) is 45.8 Å². The van der Waals surface area contributed by atoms with Gasteiger partial charge in [-0.05, 0) is 79.4 Å². The minimum atomic E-state index is -4.25. The molecule has 0 bridgehead atoms. The number of nitrogens with one attached hydrogen (secondary N) is 8. The Bertz CT molecular complexity index is 2180. The Morgan fingerprint density at radius 3 is 1.97 bits per heavy atom. The lowest BCUT2D eigenvalue weighted by molar-refractivity contribution is -0.156. The number of rotatable bonds is 24. The third-order valence-electron chi connectivity index (χ3n) is 9.53. The number of carbonyl (C=O) groups excluding carboxylic acids is 8. The quantitative estimate of drug-likeness (QED) is 0.0167. The van der Waals surface area contributed by atoms with Gasteiger partial charge in [0.05, 0.1) is 37.5 Å². The van der Waals surface area contributed by atoms with Crippen LogP contribution in [-0.4, -0.2) is 131 Å². The van der Waals surface area contributed by atoms with Crippen molar-refractivity contribution in [3.8, 4) is 18.1 Å². The molecule has 1 unspecified atom stereocenters. The number of aliphatic imine (C=N–C) groups is 1. The van der Waals surface area contributed by atoms with E-state index in [-0.39, 0.29) is 50.2 Å². The lowest BCUT2D eigenvalue weighted by atomic mass is 9.93. The lowest BCUT2D eigenvalue weighted by Crippen LogP contribution is -2.54. The first-order chi connectivity index (χ1) is 30.7. The smallest absolute Gasteiger partial charge is 0.308 e. The van der Waals surface area contributed by atoms with Crippen LogP contribution in [0.2, 0.25) is 0 Å². The largest absolute Gasteiger partial charge is 0.487 e. The highest BCUT2D eigenvalue weighted by Gasteiger charge is 2.37. The molecular formula is C42H65N11O12S. The third kappa shape index (κ3) is 18.9. The Hall–Kier alpha value is -6.48. The minimum Gasteiger partial charge on any atom is -0.487 e. The van der Waals surface area contributed by atoms with Gasteiger partial charge in [0.1, 0.15) is 29.0 Å². The molecule has 66 heavy (non-hydrogen) atoms. The van der Waals surface area contributed by atoms with E-state index in [2.05, 4.69) is 52.9 Å². The monoisotopic (exact) mass is 947 g/mol. The Labute approximate surface area is 385 Å². The molecular weight excluding hydrogens is 883 g/mol. The van der Waals surface area contributed by atoms with Gasteiger partial charge in [0.25, 0.3) is 10.0 Å². The second-order valence-electron chi connectivity index (χ2n) is 16.9. The maximum atomic E-state index is 13.6. The van der Waals surface area contributed by atoms with Crippen LogP contribution >= 0.6 is 0 Å². The molecule has 0 spiro atoms. The molecule has 0 aromatic heterocycles. The average Bonchev–Trinajstić information content (AvgIpc) is 3.56. The number of guanidine groups is 1.